The van der Waals surface area contributed by atoms with Crippen molar-refractivity contribution in [2.45, 2.75) is 39.2 Å². The molecule has 0 saturated carbocycles. The molecule has 9 heteroatoms. The maximum atomic E-state index is 12.4. The highest BCUT2D eigenvalue weighted by atomic mass is 32.1. The normalized spacial score (nSPS) is 13.3. The van der Waals surface area contributed by atoms with E-state index in [4.69, 9.17) is 9.47 Å². The third-order valence-electron chi connectivity index (χ3n) is 5.21. The van der Waals surface area contributed by atoms with Crippen LogP contribution in [0.25, 0.3) is 0 Å². The van der Waals surface area contributed by atoms with Crippen LogP contribution in [-0.4, -0.2) is 35.2 Å². The molecule has 2 aromatic carbocycles. The van der Waals surface area contributed by atoms with Crippen LogP contribution in [0.15, 0.2) is 42.5 Å². The molecule has 0 fully saturated rings. The summed E-state index contributed by atoms with van der Waals surface area (Å²) in [7, 11) is 0. The molecule has 1 aromatic heterocycles. The average Bonchev–Trinajstić information content (AvgIpc) is 3.29. The molecule has 0 saturated heterocycles. The molecule has 2 N–H and O–H groups in total. The molecular formula is C24H26N4O4S. The molecule has 33 heavy (non-hydrogen) atoms. The van der Waals surface area contributed by atoms with Crippen LogP contribution in [0.3, 0.4) is 0 Å². The minimum Gasteiger partial charge on any atom is -0.486 e. The number of ether oxygens (including phenoxy) is 2. The maximum absolute atomic E-state index is 12.4. The average molecular weight is 467 g/mol. The van der Waals surface area contributed by atoms with Crippen LogP contribution in [0.5, 0.6) is 11.5 Å². The Morgan fingerprint density at radius 1 is 1.06 bits per heavy atom. The van der Waals surface area contributed by atoms with Crippen molar-refractivity contribution in [1.82, 2.24) is 15.5 Å². The number of amides is 2. The van der Waals surface area contributed by atoms with Crippen molar-refractivity contribution in [3.8, 4) is 11.5 Å². The summed E-state index contributed by atoms with van der Waals surface area (Å²) in [5.41, 5.74) is 2.79. The molecule has 0 bridgehead atoms. The first kappa shape index (κ1) is 22.7. The van der Waals surface area contributed by atoms with E-state index >= 15 is 0 Å². The summed E-state index contributed by atoms with van der Waals surface area (Å²) in [6, 6.07) is 13.1. The van der Waals surface area contributed by atoms with Crippen molar-refractivity contribution in [3.63, 3.8) is 0 Å². The molecule has 0 radical (unpaired) electrons. The number of hydrogen-bond donors (Lipinski definition) is 2. The lowest BCUT2D eigenvalue weighted by molar-refractivity contribution is -0.121. The highest BCUT2D eigenvalue weighted by molar-refractivity contribution is 7.13. The second-order valence-electron chi connectivity index (χ2n) is 7.87. The van der Waals surface area contributed by atoms with Gasteiger partial charge in [-0.2, -0.15) is 0 Å². The van der Waals surface area contributed by atoms with Crippen molar-refractivity contribution < 1.29 is 19.1 Å². The van der Waals surface area contributed by atoms with Gasteiger partial charge in [0.25, 0.3) is 5.91 Å². The molecule has 3 aromatic rings. The van der Waals surface area contributed by atoms with Crippen molar-refractivity contribution in [2.24, 2.45) is 0 Å². The van der Waals surface area contributed by atoms with Gasteiger partial charge in [-0.1, -0.05) is 35.1 Å². The fourth-order valence-electron chi connectivity index (χ4n) is 3.39. The van der Waals surface area contributed by atoms with Crippen LogP contribution in [0, 0.1) is 6.92 Å². The van der Waals surface area contributed by atoms with Gasteiger partial charge in [-0.25, -0.2) is 0 Å². The minimum absolute atomic E-state index is 0.0424. The van der Waals surface area contributed by atoms with E-state index in [1.54, 1.807) is 0 Å². The summed E-state index contributed by atoms with van der Waals surface area (Å²) < 4.78 is 11.1. The molecule has 1 aliphatic rings. The summed E-state index contributed by atoms with van der Waals surface area (Å²) in [5.74, 6) is 1.11. The van der Waals surface area contributed by atoms with Crippen LogP contribution in [0.1, 0.15) is 51.7 Å². The standard InChI is InChI=1S/C24H26N4O4S/c1-15-6-9-18(10-7-15)26-23(30)24-28-27-22(33-24)5-3-4-21(29)25-16(2)17-8-11-19-20(14-17)32-13-12-31-19/h6-11,14,16H,3-5,12-13H2,1-2H3,(H,25,29)(H,26,30)/t16-/m1/s1. The van der Waals surface area contributed by atoms with Gasteiger partial charge in [0, 0.05) is 18.5 Å². The minimum atomic E-state index is -0.284. The van der Waals surface area contributed by atoms with Gasteiger partial charge in [-0.3, -0.25) is 9.59 Å². The van der Waals surface area contributed by atoms with Crippen LogP contribution < -0.4 is 20.1 Å². The third kappa shape index (κ3) is 6.07. The van der Waals surface area contributed by atoms with E-state index in [-0.39, 0.29) is 17.9 Å². The first-order valence-corrected chi connectivity index (χ1v) is 11.7. The molecular weight excluding hydrogens is 440 g/mol. The van der Waals surface area contributed by atoms with Gasteiger partial charge in [0.2, 0.25) is 10.9 Å². The van der Waals surface area contributed by atoms with Crippen molar-refractivity contribution in [2.75, 3.05) is 18.5 Å². The van der Waals surface area contributed by atoms with E-state index in [0.29, 0.717) is 48.9 Å². The third-order valence-corrected chi connectivity index (χ3v) is 6.19. The molecule has 2 amide bonds. The largest absolute Gasteiger partial charge is 0.486 e. The predicted molar refractivity (Wildman–Crippen MR) is 126 cm³/mol. The van der Waals surface area contributed by atoms with Crippen molar-refractivity contribution in [3.05, 3.63) is 63.6 Å². The number of fused-ring (bicyclic) bond motifs is 1. The number of aromatic nitrogens is 2. The Labute approximate surface area is 196 Å². The lowest BCUT2D eigenvalue weighted by Crippen LogP contribution is -2.26. The van der Waals surface area contributed by atoms with E-state index in [2.05, 4.69) is 20.8 Å². The fourth-order valence-corrected chi connectivity index (χ4v) is 4.17. The van der Waals surface area contributed by atoms with Gasteiger partial charge in [-0.15, -0.1) is 10.2 Å². The number of anilines is 1. The lowest BCUT2D eigenvalue weighted by atomic mass is 10.1. The van der Waals surface area contributed by atoms with Crippen LogP contribution in [0.2, 0.25) is 0 Å². The Balaban J connectivity index is 1.22. The number of nitrogens with one attached hydrogen (secondary N) is 2. The number of hydrogen-bond acceptors (Lipinski definition) is 7. The smallest absolute Gasteiger partial charge is 0.286 e. The number of nitrogens with zero attached hydrogens (tertiary/aromatic N) is 2. The van der Waals surface area contributed by atoms with E-state index in [1.165, 1.54) is 11.3 Å². The Morgan fingerprint density at radius 2 is 1.82 bits per heavy atom. The topological polar surface area (TPSA) is 102 Å². The summed E-state index contributed by atoms with van der Waals surface area (Å²) >= 11 is 1.25. The number of rotatable bonds is 8. The quantitative estimate of drug-likeness (QED) is 0.519. The molecule has 4 rings (SSSR count). The maximum Gasteiger partial charge on any atom is 0.286 e. The van der Waals surface area contributed by atoms with Gasteiger partial charge >= 0.3 is 0 Å². The number of aryl methyl sites for hydroxylation is 2. The second kappa shape index (κ2) is 10.4. The van der Waals surface area contributed by atoms with Crippen LogP contribution >= 0.6 is 11.3 Å². The Bertz CT molecular complexity index is 1130. The van der Waals surface area contributed by atoms with Crippen molar-refractivity contribution in [1.29, 1.82) is 0 Å². The molecule has 2 heterocycles. The molecule has 172 valence electrons. The van der Waals surface area contributed by atoms with Crippen LogP contribution in [-0.2, 0) is 11.2 Å². The summed E-state index contributed by atoms with van der Waals surface area (Å²) in [6.45, 7) is 5.00. The second-order valence-corrected chi connectivity index (χ2v) is 8.93. The first-order valence-electron chi connectivity index (χ1n) is 10.9. The molecule has 0 spiro atoms. The predicted octanol–water partition coefficient (Wildman–Crippen LogP) is 4.07. The summed E-state index contributed by atoms with van der Waals surface area (Å²) in [5, 5.41) is 14.9. The molecule has 0 aliphatic carbocycles. The highest BCUT2D eigenvalue weighted by Gasteiger charge is 2.17. The number of carbonyl (C=O) groups excluding carboxylic acids is 2. The highest BCUT2D eigenvalue weighted by Crippen LogP contribution is 2.32. The van der Waals surface area contributed by atoms with Gasteiger partial charge in [0.1, 0.15) is 18.2 Å². The van der Waals surface area contributed by atoms with E-state index in [0.717, 1.165) is 21.9 Å². The van der Waals surface area contributed by atoms with E-state index in [1.807, 2.05) is 56.3 Å². The number of carbonyl (C=O) groups is 2. The van der Waals surface area contributed by atoms with Gasteiger partial charge in [0.15, 0.2) is 11.5 Å². The van der Waals surface area contributed by atoms with E-state index < -0.39 is 0 Å². The zero-order valence-electron chi connectivity index (χ0n) is 18.6. The first-order chi connectivity index (χ1) is 16.0. The molecule has 0 unspecified atom stereocenters. The van der Waals surface area contributed by atoms with E-state index in [9.17, 15) is 9.59 Å². The Kier molecular flexibility index (Phi) is 7.19. The molecule has 1 aliphatic heterocycles. The van der Waals surface area contributed by atoms with Gasteiger partial charge in [-0.05, 0) is 50.1 Å². The fraction of sp³-hybridized carbons (Fsp3) is 0.333. The monoisotopic (exact) mass is 466 g/mol. The summed E-state index contributed by atoms with van der Waals surface area (Å²) in [6.07, 6.45) is 1.56. The zero-order chi connectivity index (χ0) is 23.2. The van der Waals surface area contributed by atoms with Crippen molar-refractivity contribution >= 4 is 28.8 Å². The van der Waals surface area contributed by atoms with Crippen LogP contribution in [0.4, 0.5) is 5.69 Å². The number of benzene rings is 2. The van der Waals surface area contributed by atoms with Gasteiger partial charge < -0.3 is 20.1 Å². The Morgan fingerprint density at radius 3 is 2.61 bits per heavy atom. The lowest BCUT2D eigenvalue weighted by Gasteiger charge is -2.21. The van der Waals surface area contributed by atoms with Gasteiger partial charge in [0.05, 0.1) is 6.04 Å². The zero-order valence-corrected chi connectivity index (χ0v) is 19.4. The molecule has 1 atom stereocenters. The Hall–Kier alpha value is -3.46. The molecule has 8 nitrogen and oxygen atoms in total. The SMILES string of the molecule is Cc1ccc(NC(=O)c2nnc(CCCC(=O)N[C@H](C)c3ccc4c(c3)OCCO4)s2)cc1. The summed E-state index contributed by atoms with van der Waals surface area (Å²) in [4.78, 5) is 24.7.